The fraction of sp³-hybridized carbons (Fsp3) is 0.600. The van der Waals surface area contributed by atoms with Gasteiger partial charge in [-0.05, 0) is 51.1 Å². The largest absolute Gasteiger partial charge is 0.339 e. The Kier molecular flexibility index (Phi) is 6.68. The Morgan fingerprint density at radius 2 is 1.69 bits per heavy atom. The van der Waals surface area contributed by atoms with Crippen LogP contribution in [0.25, 0.3) is 11.4 Å². The zero-order valence-corrected chi connectivity index (χ0v) is 20.0. The predicted molar refractivity (Wildman–Crippen MR) is 119 cm³/mol. The van der Waals surface area contributed by atoms with Crippen LogP contribution in [-0.2, 0) is 20.0 Å². The predicted octanol–water partition coefficient (Wildman–Crippen LogP) is 1.20. The second kappa shape index (κ2) is 9.18. The van der Waals surface area contributed by atoms with Crippen LogP contribution in [0.4, 0.5) is 0 Å². The molecule has 0 amide bonds. The molecule has 4 rings (SSSR count). The number of benzene rings is 1. The molecule has 2 fully saturated rings. The van der Waals surface area contributed by atoms with Gasteiger partial charge in [0, 0.05) is 44.8 Å². The molecule has 2 saturated heterocycles. The van der Waals surface area contributed by atoms with Crippen LogP contribution in [-0.4, -0.2) is 92.6 Å². The highest BCUT2D eigenvalue weighted by molar-refractivity contribution is 7.89. The highest BCUT2D eigenvalue weighted by Crippen LogP contribution is 2.29. The van der Waals surface area contributed by atoms with Crippen molar-refractivity contribution in [1.29, 1.82) is 0 Å². The first-order valence-electron chi connectivity index (χ1n) is 10.8. The average molecular weight is 484 g/mol. The molecule has 12 heteroatoms. The molecule has 0 spiro atoms. The van der Waals surface area contributed by atoms with Crippen LogP contribution in [0.1, 0.15) is 31.6 Å². The van der Waals surface area contributed by atoms with Crippen LogP contribution < -0.4 is 0 Å². The molecule has 10 nitrogen and oxygen atoms in total. The average Bonchev–Trinajstić information content (AvgIpc) is 3.30. The maximum Gasteiger partial charge on any atom is 0.243 e. The van der Waals surface area contributed by atoms with Crippen molar-refractivity contribution in [2.75, 3.05) is 52.1 Å². The number of hydrogen-bond donors (Lipinski definition) is 0. The second-order valence-corrected chi connectivity index (χ2v) is 12.5. The van der Waals surface area contributed by atoms with Crippen molar-refractivity contribution < 1.29 is 21.4 Å². The van der Waals surface area contributed by atoms with Crippen molar-refractivity contribution in [1.82, 2.24) is 23.7 Å². The Balaban J connectivity index is 1.48. The van der Waals surface area contributed by atoms with Crippen LogP contribution in [0.3, 0.4) is 0 Å². The molecular weight excluding hydrogens is 454 g/mol. The summed E-state index contributed by atoms with van der Waals surface area (Å²) in [5.74, 6) is 0.686. The van der Waals surface area contributed by atoms with Gasteiger partial charge >= 0.3 is 0 Å². The zero-order chi connectivity index (χ0) is 22.9. The number of hydrogen-bond acceptors (Lipinski definition) is 8. The van der Waals surface area contributed by atoms with Crippen molar-refractivity contribution in [3.8, 4) is 11.4 Å². The molecule has 176 valence electrons. The van der Waals surface area contributed by atoms with Crippen LogP contribution in [0.5, 0.6) is 0 Å². The van der Waals surface area contributed by atoms with Crippen LogP contribution in [0.2, 0.25) is 0 Å². The van der Waals surface area contributed by atoms with Gasteiger partial charge in [-0.2, -0.15) is 9.29 Å². The quantitative estimate of drug-likeness (QED) is 0.602. The van der Waals surface area contributed by atoms with E-state index in [4.69, 9.17) is 4.52 Å². The van der Waals surface area contributed by atoms with Crippen molar-refractivity contribution in [2.45, 2.75) is 30.6 Å². The van der Waals surface area contributed by atoms with Gasteiger partial charge in [0.05, 0.1) is 16.6 Å². The summed E-state index contributed by atoms with van der Waals surface area (Å²) >= 11 is 0. The molecule has 1 atom stereocenters. The number of likely N-dealkylation sites (N-methyl/N-ethyl adjacent to an activating group) is 1. The molecule has 0 aliphatic carbocycles. The molecule has 1 aromatic heterocycles. The first-order chi connectivity index (χ1) is 15.2. The van der Waals surface area contributed by atoms with Crippen molar-refractivity contribution in [3.63, 3.8) is 0 Å². The summed E-state index contributed by atoms with van der Waals surface area (Å²) in [5, 5.41) is 4.04. The molecule has 0 unspecified atom stereocenters. The lowest BCUT2D eigenvalue weighted by Gasteiger charge is -2.31. The van der Waals surface area contributed by atoms with Crippen molar-refractivity contribution in [2.24, 2.45) is 0 Å². The van der Waals surface area contributed by atoms with E-state index in [1.54, 1.807) is 31.2 Å². The monoisotopic (exact) mass is 483 g/mol. The van der Waals surface area contributed by atoms with Gasteiger partial charge in [-0.1, -0.05) is 5.16 Å². The molecule has 2 aromatic rings. The summed E-state index contributed by atoms with van der Waals surface area (Å²) in [6.45, 7) is 4.85. The first kappa shape index (κ1) is 23.3. The minimum Gasteiger partial charge on any atom is -0.339 e. The third kappa shape index (κ3) is 4.74. The van der Waals surface area contributed by atoms with E-state index in [2.05, 4.69) is 15.0 Å². The molecule has 0 radical (unpaired) electrons. The van der Waals surface area contributed by atoms with Crippen LogP contribution >= 0.6 is 0 Å². The van der Waals surface area contributed by atoms with E-state index in [1.807, 2.05) is 7.05 Å². The third-order valence-corrected chi connectivity index (χ3v) is 9.91. The van der Waals surface area contributed by atoms with Crippen molar-refractivity contribution >= 4 is 20.0 Å². The summed E-state index contributed by atoms with van der Waals surface area (Å²) in [6.07, 6.45) is 1.51. The van der Waals surface area contributed by atoms with Gasteiger partial charge in [-0.25, -0.2) is 21.1 Å². The highest BCUT2D eigenvalue weighted by atomic mass is 32.2. The first-order valence-corrected chi connectivity index (χ1v) is 13.9. The number of piperazine rings is 1. The Bertz CT molecular complexity index is 1140. The summed E-state index contributed by atoms with van der Waals surface area (Å²) in [5.41, 5.74) is 0.645. The van der Waals surface area contributed by atoms with Crippen LogP contribution in [0.15, 0.2) is 33.7 Å². The highest BCUT2D eigenvalue weighted by Gasteiger charge is 2.32. The van der Waals surface area contributed by atoms with Gasteiger partial charge < -0.3 is 9.42 Å². The number of nitrogens with zero attached hydrogens (tertiary/aromatic N) is 5. The summed E-state index contributed by atoms with van der Waals surface area (Å²) < 4.78 is 58.6. The summed E-state index contributed by atoms with van der Waals surface area (Å²) in [7, 11) is -4.82. The molecule has 1 aromatic carbocycles. The minimum absolute atomic E-state index is 0.0676. The number of piperidine rings is 1. The molecule has 3 heterocycles. The third-order valence-electron chi connectivity index (χ3n) is 6.15. The van der Waals surface area contributed by atoms with E-state index in [0.717, 1.165) is 12.8 Å². The Hall–Kier alpha value is -1.86. The molecule has 0 N–H and O–H groups in total. The van der Waals surface area contributed by atoms with E-state index < -0.39 is 20.0 Å². The van der Waals surface area contributed by atoms with E-state index in [-0.39, 0.29) is 16.6 Å². The molecule has 0 bridgehead atoms. The van der Waals surface area contributed by atoms with Gasteiger partial charge in [0.2, 0.25) is 31.8 Å². The molecule has 2 aliphatic rings. The fourth-order valence-electron chi connectivity index (χ4n) is 4.05. The lowest BCUT2D eigenvalue weighted by atomic mass is 10.00. The zero-order valence-electron chi connectivity index (χ0n) is 18.3. The lowest BCUT2D eigenvalue weighted by Crippen LogP contribution is -2.46. The van der Waals surface area contributed by atoms with Gasteiger partial charge in [0.15, 0.2) is 0 Å². The van der Waals surface area contributed by atoms with E-state index in [1.165, 1.54) is 8.61 Å². The maximum atomic E-state index is 12.9. The number of aromatic nitrogens is 2. The second-order valence-electron chi connectivity index (χ2n) is 8.29. The van der Waals surface area contributed by atoms with Gasteiger partial charge in [0.1, 0.15) is 0 Å². The van der Waals surface area contributed by atoms with Crippen molar-refractivity contribution in [3.05, 3.63) is 30.2 Å². The topological polar surface area (TPSA) is 117 Å². The van der Waals surface area contributed by atoms with Crippen LogP contribution in [0, 0.1) is 0 Å². The van der Waals surface area contributed by atoms with E-state index in [9.17, 15) is 16.8 Å². The van der Waals surface area contributed by atoms with Gasteiger partial charge in [-0.3, -0.25) is 0 Å². The Labute approximate surface area is 189 Å². The van der Waals surface area contributed by atoms with E-state index in [0.29, 0.717) is 56.5 Å². The minimum atomic E-state index is -3.54. The summed E-state index contributed by atoms with van der Waals surface area (Å²) in [4.78, 5) is 6.81. The normalized spacial score (nSPS) is 22.2. The lowest BCUT2D eigenvalue weighted by molar-refractivity contribution is 0.222. The number of rotatable bonds is 6. The standard InChI is InChI=1S/C20H29N5O5S2/c1-3-31(26,27)25-10-4-5-17(15-25)20-21-19(22-30-20)16-6-8-18(9-7-16)32(28,29)24-13-11-23(2)12-14-24/h6-9,17H,3-5,10-15H2,1-2H3/t17-/m1/s1. The molecule has 2 aliphatic heterocycles. The Morgan fingerprint density at radius 3 is 2.34 bits per heavy atom. The smallest absolute Gasteiger partial charge is 0.243 e. The number of sulfonamides is 2. The van der Waals surface area contributed by atoms with Gasteiger partial charge in [0.25, 0.3) is 0 Å². The summed E-state index contributed by atoms with van der Waals surface area (Å²) in [6, 6.07) is 6.48. The fourth-order valence-corrected chi connectivity index (χ4v) is 6.65. The Morgan fingerprint density at radius 1 is 1.00 bits per heavy atom. The van der Waals surface area contributed by atoms with E-state index >= 15 is 0 Å². The molecular formula is C20H29N5O5S2. The molecule has 0 saturated carbocycles. The SMILES string of the molecule is CCS(=O)(=O)N1CCC[C@@H](c2nc(-c3ccc(S(=O)(=O)N4CCN(C)CC4)cc3)no2)C1. The van der Waals surface area contributed by atoms with Gasteiger partial charge in [-0.15, -0.1) is 0 Å². The molecule has 32 heavy (non-hydrogen) atoms. The maximum absolute atomic E-state index is 12.9.